The number of likely N-dealkylation sites (tertiary alicyclic amines) is 1. The van der Waals surface area contributed by atoms with Crippen molar-refractivity contribution < 1.29 is 9.53 Å². The van der Waals surface area contributed by atoms with Gasteiger partial charge in [0.15, 0.2) is 6.61 Å². The van der Waals surface area contributed by atoms with Crippen LogP contribution in [0.5, 0.6) is 5.75 Å². The Hall–Kier alpha value is -2.56. The second-order valence-electron chi connectivity index (χ2n) is 6.29. The topological polar surface area (TPSA) is 54.5 Å². The summed E-state index contributed by atoms with van der Waals surface area (Å²) in [6, 6.07) is 12.2. The molecule has 132 valence electrons. The van der Waals surface area contributed by atoms with E-state index in [0.29, 0.717) is 6.04 Å². The summed E-state index contributed by atoms with van der Waals surface area (Å²) < 4.78 is 5.75. The Bertz CT molecular complexity index is 682. The number of nitrogens with zero attached hydrogens (tertiary/aromatic N) is 2. The van der Waals surface area contributed by atoms with Crippen LogP contribution in [-0.2, 0) is 11.2 Å². The van der Waals surface area contributed by atoms with Gasteiger partial charge in [0.2, 0.25) is 0 Å². The van der Waals surface area contributed by atoms with Crippen LogP contribution in [0.1, 0.15) is 25.3 Å². The van der Waals surface area contributed by atoms with Crippen molar-refractivity contribution in [3.63, 3.8) is 0 Å². The lowest BCUT2D eigenvalue weighted by Gasteiger charge is -2.32. The number of hydrogen-bond acceptors (Lipinski definition) is 4. The predicted octanol–water partition coefficient (Wildman–Crippen LogP) is 3.13. The molecule has 1 fully saturated rings. The van der Waals surface area contributed by atoms with Gasteiger partial charge in [-0.15, -0.1) is 0 Å². The average molecular weight is 339 g/mol. The highest BCUT2D eigenvalue weighted by Crippen LogP contribution is 2.19. The van der Waals surface area contributed by atoms with Crippen LogP contribution in [-0.4, -0.2) is 41.5 Å². The maximum Gasteiger partial charge on any atom is 0.260 e. The number of aromatic nitrogens is 1. The summed E-state index contributed by atoms with van der Waals surface area (Å²) in [6.45, 7) is 3.72. The van der Waals surface area contributed by atoms with Crippen LogP contribution in [0.15, 0.2) is 48.8 Å². The summed E-state index contributed by atoms with van der Waals surface area (Å²) in [4.78, 5) is 18.4. The summed E-state index contributed by atoms with van der Waals surface area (Å²) >= 11 is 0. The van der Waals surface area contributed by atoms with E-state index in [1.807, 2.05) is 47.5 Å². The Labute approximate surface area is 149 Å². The van der Waals surface area contributed by atoms with Gasteiger partial charge in [0, 0.05) is 31.5 Å². The van der Waals surface area contributed by atoms with Gasteiger partial charge in [-0.1, -0.05) is 25.1 Å². The SMILES string of the molecule is CCc1ccccc1OCC(=O)N1CCC(Nc2cccnc2)CC1. The highest BCUT2D eigenvalue weighted by atomic mass is 16.5. The number of nitrogens with one attached hydrogen (secondary N) is 1. The molecule has 25 heavy (non-hydrogen) atoms. The zero-order chi connectivity index (χ0) is 17.5. The van der Waals surface area contributed by atoms with Gasteiger partial charge in [0.05, 0.1) is 5.69 Å². The van der Waals surface area contributed by atoms with E-state index in [-0.39, 0.29) is 12.5 Å². The van der Waals surface area contributed by atoms with Crippen molar-refractivity contribution in [3.8, 4) is 5.75 Å². The van der Waals surface area contributed by atoms with Gasteiger partial charge in [-0.05, 0) is 43.0 Å². The largest absolute Gasteiger partial charge is 0.483 e. The maximum atomic E-state index is 12.4. The van der Waals surface area contributed by atoms with Gasteiger partial charge in [0.1, 0.15) is 5.75 Å². The molecule has 0 radical (unpaired) electrons. The Kier molecular flexibility index (Phi) is 5.88. The molecule has 0 saturated carbocycles. The summed E-state index contributed by atoms with van der Waals surface area (Å²) in [6.07, 6.45) is 6.37. The normalized spacial score (nSPS) is 15.0. The molecule has 1 aliphatic rings. The minimum Gasteiger partial charge on any atom is -0.483 e. The van der Waals surface area contributed by atoms with Crippen molar-refractivity contribution in [1.29, 1.82) is 0 Å². The molecule has 0 unspecified atom stereocenters. The highest BCUT2D eigenvalue weighted by molar-refractivity contribution is 5.78. The molecule has 0 bridgehead atoms. The Balaban J connectivity index is 1.45. The Morgan fingerprint density at radius 2 is 2.04 bits per heavy atom. The van der Waals surface area contributed by atoms with Crippen LogP contribution in [0.3, 0.4) is 0 Å². The molecular formula is C20H25N3O2. The van der Waals surface area contributed by atoms with Gasteiger partial charge in [-0.2, -0.15) is 0 Å². The molecule has 3 rings (SSSR count). The average Bonchev–Trinajstić information content (AvgIpc) is 2.67. The number of benzene rings is 1. The molecule has 2 aromatic rings. The molecule has 0 spiro atoms. The van der Waals surface area contributed by atoms with Crippen molar-refractivity contribution in [2.24, 2.45) is 0 Å². The molecule has 5 nitrogen and oxygen atoms in total. The van der Waals surface area contributed by atoms with E-state index in [1.165, 1.54) is 0 Å². The molecule has 2 heterocycles. The predicted molar refractivity (Wildman–Crippen MR) is 98.8 cm³/mol. The van der Waals surface area contributed by atoms with E-state index < -0.39 is 0 Å². The van der Waals surface area contributed by atoms with Gasteiger partial charge in [-0.3, -0.25) is 9.78 Å². The second kappa shape index (κ2) is 8.51. The number of carbonyl (C=O) groups excluding carboxylic acids is 1. The minimum atomic E-state index is 0.0609. The third kappa shape index (κ3) is 4.72. The van der Waals surface area contributed by atoms with Crippen LogP contribution >= 0.6 is 0 Å². The van der Waals surface area contributed by atoms with Crippen LogP contribution in [0.25, 0.3) is 0 Å². The number of piperidine rings is 1. The molecule has 5 heteroatoms. The lowest BCUT2D eigenvalue weighted by Crippen LogP contribution is -2.44. The third-order valence-electron chi connectivity index (χ3n) is 4.58. The van der Waals surface area contributed by atoms with E-state index in [9.17, 15) is 4.79 Å². The number of ether oxygens (including phenoxy) is 1. The third-order valence-corrected chi connectivity index (χ3v) is 4.58. The molecule has 1 aromatic heterocycles. The first-order valence-corrected chi connectivity index (χ1v) is 8.91. The number of anilines is 1. The number of pyridine rings is 1. The van der Waals surface area contributed by atoms with Gasteiger partial charge < -0.3 is 15.0 Å². The van der Waals surface area contributed by atoms with Crippen molar-refractivity contribution in [1.82, 2.24) is 9.88 Å². The number of rotatable bonds is 6. The molecular weight excluding hydrogens is 314 g/mol. The number of hydrogen-bond donors (Lipinski definition) is 1. The van der Waals surface area contributed by atoms with E-state index in [1.54, 1.807) is 6.20 Å². The first-order chi connectivity index (χ1) is 12.3. The van der Waals surface area contributed by atoms with Gasteiger partial charge in [0.25, 0.3) is 5.91 Å². The van der Waals surface area contributed by atoms with E-state index in [2.05, 4.69) is 17.2 Å². The van der Waals surface area contributed by atoms with E-state index in [4.69, 9.17) is 4.74 Å². The van der Waals surface area contributed by atoms with Crippen molar-refractivity contribution >= 4 is 11.6 Å². The quantitative estimate of drug-likeness (QED) is 0.878. The van der Waals surface area contributed by atoms with Crippen LogP contribution in [0.4, 0.5) is 5.69 Å². The summed E-state index contributed by atoms with van der Waals surface area (Å²) in [5.74, 6) is 0.872. The fourth-order valence-corrected chi connectivity index (χ4v) is 3.12. The summed E-state index contributed by atoms with van der Waals surface area (Å²) in [5, 5.41) is 3.48. The van der Waals surface area contributed by atoms with Crippen molar-refractivity contribution in [3.05, 3.63) is 54.4 Å². The smallest absolute Gasteiger partial charge is 0.260 e. The fourth-order valence-electron chi connectivity index (χ4n) is 3.12. The number of aryl methyl sites for hydroxylation is 1. The van der Waals surface area contributed by atoms with Crippen molar-refractivity contribution in [2.75, 3.05) is 25.0 Å². The minimum absolute atomic E-state index is 0.0609. The second-order valence-corrected chi connectivity index (χ2v) is 6.29. The fraction of sp³-hybridized carbons (Fsp3) is 0.400. The maximum absolute atomic E-state index is 12.4. The summed E-state index contributed by atoms with van der Waals surface area (Å²) in [5.41, 5.74) is 2.17. The highest BCUT2D eigenvalue weighted by Gasteiger charge is 2.23. The van der Waals surface area contributed by atoms with Crippen LogP contribution < -0.4 is 10.1 Å². The molecule has 1 aromatic carbocycles. The molecule has 1 saturated heterocycles. The molecule has 1 amide bonds. The number of para-hydroxylation sites is 1. The van der Waals surface area contributed by atoms with Crippen molar-refractivity contribution in [2.45, 2.75) is 32.2 Å². The first-order valence-electron chi connectivity index (χ1n) is 8.91. The zero-order valence-corrected chi connectivity index (χ0v) is 14.6. The van der Waals surface area contributed by atoms with Gasteiger partial charge in [-0.25, -0.2) is 0 Å². The van der Waals surface area contributed by atoms with Gasteiger partial charge >= 0.3 is 0 Å². The number of carbonyl (C=O) groups is 1. The molecule has 0 atom stereocenters. The molecule has 1 N–H and O–H groups in total. The lowest BCUT2D eigenvalue weighted by atomic mass is 10.0. The van der Waals surface area contributed by atoms with Crippen LogP contribution in [0.2, 0.25) is 0 Å². The van der Waals surface area contributed by atoms with E-state index in [0.717, 1.165) is 49.4 Å². The Morgan fingerprint density at radius 1 is 1.24 bits per heavy atom. The standard InChI is InChI=1S/C20H25N3O2/c1-2-16-6-3-4-8-19(16)25-15-20(24)23-12-9-17(10-13-23)22-18-7-5-11-21-14-18/h3-8,11,14,17,22H,2,9-10,12-13,15H2,1H3. The molecule has 0 aliphatic carbocycles. The first kappa shape index (κ1) is 17.3. The van der Waals surface area contributed by atoms with Crippen LogP contribution in [0, 0.1) is 0 Å². The number of amides is 1. The summed E-state index contributed by atoms with van der Waals surface area (Å²) in [7, 11) is 0. The monoisotopic (exact) mass is 339 g/mol. The van der Waals surface area contributed by atoms with E-state index >= 15 is 0 Å². The molecule has 1 aliphatic heterocycles. The zero-order valence-electron chi connectivity index (χ0n) is 14.6. The lowest BCUT2D eigenvalue weighted by molar-refractivity contribution is -0.134. The Morgan fingerprint density at radius 3 is 2.76 bits per heavy atom.